The average Bonchev–Trinajstić information content (AvgIpc) is 3.07. The number of carbonyl (C=O) groups is 1. The van der Waals surface area contributed by atoms with Gasteiger partial charge in [-0.05, 0) is 50.5 Å². The minimum absolute atomic E-state index is 0.0608. The second-order valence-corrected chi connectivity index (χ2v) is 8.26. The molecule has 0 saturated carbocycles. The van der Waals surface area contributed by atoms with E-state index in [0.717, 1.165) is 49.7 Å². The second kappa shape index (κ2) is 10.6. The summed E-state index contributed by atoms with van der Waals surface area (Å²) in [7, 11) is 0. The predicted molar refractivity (Wildman–Crippen MR) is 115 cm³/mol. The van der Waals surface area contributed by atoms with Gasteiger partial charge >= 0.3 is 0 Å². The van der Waals surface area contributed by atoms with Crippen LogP contribution in [0.1, 0.15) is 47.6 Å². The van der Waals surface area contributed by atoms with Gasteiger partial charge in [-0.15, -0.1) is 0 Å². The quantitative estimate of drug-likeness (QED) is 0.677. The fourth-order valence-corrected chi connectivity index (χ4v) is 3.73. The number of morpholine rings is 1. The number of nitrogens with zero attached hydrogens (tertiary/aromatic N) is 2. The molecule has 1 amide bonds. The van der Waals surface area contributed by atoms with E-state index in [4.69, 9.17) is 14.0 Å². The fraction of sp³-hybridized carbons (Fsp3) is 0.565. The van der Waals surface area contributed by atoms with Gasteiger partial charge in [0.1, 0.15) is 18.1 Å². The minimum Gasteiger partial charge on any atom is -0.489 e. The third-order valence-corrected chi connectivity index (χ3v) is 5.48. The number of carbonyl (C=O) groups excluding carboxylic acids is 1. The van der Waals surface area contributed by atoms with Crippen LogP contribution in [0.3, 0.4) is 0 Å². The number of rotatable bonds is 9. The van der Waals surface area contributed by atoms with Crippen molar-refractivity contribution < 1.29 is 18.8 Å². The first-order valence-corrected chi connectivity index (χ1v) is 10.7. The van der Waals surface area contributed by atoms with Crippen molar-refractivity contribution in [2.75, 3.05) is 32.8 Å². The Hall–Kier alpha value is -2.38. The largest absolute Gasteiger partial charge is 0.489 e. The zero-order valence-electron chi connectivity index (χ0n) is 18.4. The molecule has 2 heterocycles. The summed E-state index contributed by atoms with van der Waals surface area (Å²) in [6.45, 7) is 12.6. The molecule has 1 aromatic heterocycles. The topological polar surface area (TPSA) is 76.8 Å². The first-order valence-electron chi connectivity index (χ1n) is 10.7. The van der Waals surface area contributed by atoms with Gasteiger partial charge in [0.05, 0.1) is 24.5 Å². The molecule has 2 aromatic rings. The molecule has 30 heavy (non-hydrogen) atoms. The molecule has 7 heteroatoms. The number of aryl methyl sites for hydroxylation is 2. The Kier molecular flexibility index (Phi) is 7.87. The number of nitrogens with one attached hydrogen (secondary N) is 1. The highest BCUT2D eigenvalue weighted by Gasteiger charge is 2.22. The number of hydrogen-bond donors (Lipinski definition) is 1. The van der Waals surface area contributed by atoms with Crippen molar-refractivity contribution in [2.45, 2.75) is 46.8 Å². The van der Waals surface area contributed by atoms with Crippen molar-refractivity contribution in [3.8, 4) is 5.75 Å². The molecule has 1 saturated heterocycles. The summed E-state index contributed by atoms with van der Waals surface area (Å²) in [5.41, 5.74) is 2.42. The molecule has 0 aliphatic carbocycles. The van der Waals surface area contributed by atoms with Crippen molar-refractivity contribution in [1.29, 1.82) is 0 Å². The highest BCUT2D eigenvalue weighted by atomic mass is 16.5. The van der Waals surface area contributed by atoms with Crippen molar-refractivity contribution in [3.05, 3.63) is 46.8 Å². The lowest BCUT2D eigenvalue weighted by Gasteiger charge is -2.35. The Balaban J connectivity index is 1.53. The fourth-order valence-electron chi connectivity index (χ4n) is 3.73. The van der Waals surface area contributed by atoms with E-state index in [2.05, 4.69) is 29.2 Å². The van der Waals surface area contributed by atoms with Gasteiger partial charge in [-0.25, -0.2) is 0 Å². The van der Waals surface area contributed by atoms with Gasteiger partial charge in [-0.3, -0.25) is 9.69 Å². The molecule has 1 unspecified atom stereocenters. The third-order valence-electron chi connectivity index (χ3n) is 5.48. The van der Waals surface area contributed by atoms with Gasteiger partial charge in [-0.2, -0.15) is 0 Å². The molecule has 1 aliphatic rings. The van der Waals surface area contributed by atoms with Crippen LogP contribution in [0.15, 0.2) is 28.8 Å². The predicted octanol–water partition coefficient (Wildman–Crippen LogP) is 3.35. The molecule has 0 radical (unpaired) electrons. The standard InChI is InChI=1S/C23H33N3O4/c1-16(2)13-20(26-9-11-28-12-10-26)14-24-23(27)19-5-7-21(8-6-19)29-15-22-17(3)25-30-18(22)4/h5-8,16,20H,9-15H2,1-4H3,(H,24,27). The molecule has 0 spiro atoms. The van der Waals surface area contributed by atoms with E-state index < -0.39 is 0 Å². The van der Waals surface area contributed by atoms with E-state index in [1.807, 2.05) is 26.0 Å². The molecule has 164 valence electrons. The van der Waals surface area contributed by atoms with Gasteiger partial charge in [0.15, 0.2) is 0 Å². The summed E-state index contributed by atoms with van der Waals surface area (Å²) >= 11 is 0. The van der Waals surface area contributed by atoms with Gasteiger partial charge in [0.25, 0.3) is 5.91 Å². The van der Waals surface area contributed by atoms with E-state index in [1.165, 1.54) is 0 Å². The van der Waals surface area contributed by atoms with Gasteiger partial charge in [-0.1, -0.05) is 19.0 Å². The first-order chi connectivity index (χ1) is 14.4. The maximum absolute atomic E-state index is 12.6. The van der Waals surface area contributed by atoms with Crippen LogP contribution >= 0.6 is 0 Å². The molecule has 1 aromatic carbocycles. The molecule has 1 N–H and O–H groups in total. The van der Waals surface area contributed by atoms with Crippen LogP contribution in [0, 0.1) is 19.8 Å². The van der Waals surface area contributed by atoms with Gasteiger partial charge < -0.3 is 19.3 Å². The summed E-state index contributed by atoms with van der Waals surface area (Å²) in [4.78, 5) is 15.1. The summed E-state index contributed by atoms with van der Waals surface area (Å²) in [6, 6.07) is 7.56. The van der Waals surface area contributed by atoms with Crippen molar-refractivity contribution >= 4 is 5.91 Å². The number of hydrogen-bond acceptors (Lipinski definition) is 6. The van der Waals surface area contributed by atoms with Crippen LogP contribution in [-0.2, 0) is 11.3 Å². The molecular formula is C23H33N3O4. The zero-order chi connectivity index (χ0) is 21.5. The number of benzene rings is 1. The monoisotopic (exact) mass is 415 g/mol. The Morgan fingerprint density at radius 1 is 1.20 bits per heavy atom. The SMILES string of the molecule is Cc1noc(C)c1COc1ccc(C(=O)NCC(CC(C)C)N2CCOCC2)cc1. The van der Waals surface area contributed by atoms with Gasteiger partial charge in [0, 0.05) is 31.2 Å². The smallest absolute Gasteiger partial charge is 0.251 e. The Labute approximate surface area is 178 Å². The molecule has 0 bridgehead atoms. The lowest BCUT2D eigenvalue weighted by molar-refractivity contribution is 0.0124. The van der Waals surface area contributed by atoms with E-state index in [9.17, 15) is 4.79 Å². The van der Waals surface area contributed by atoms with E-state index in [1.54, 1.807) is 12.1 Å². The Morgan fingerprint density at radius 3 is 2.50 bits per heavy atom. The molecule has 7 nitrogen and oxygen atoms in total. The summed E-state index contributed by atoms with van der Waals surface area (Å²) in [6.07, 6.45) is 1.05. The summed E-state index contributed by atoms with van der Waals surface area (Å²) in [5, 5.41) is 7.04. The normalized spacial score (nSPS) is 15.9. The zero-order valence-corrected chi connectivity index (χ0v) is 18.4. The molecular weight excluding hydrogens is 382 g/mol. The van der Waals surface area contributed by atoms with E-state index >= 15 is 0 Å². The number of amides is 1. The van der Waals surface area contributed by atoms with Crippen LogP contribution in [0.25, 0.3) is 0 Å². The summed E-state index contributed by atoms with van der Waals surface area (Å²) in [5.74, 6) is 1.98. The molecule has 3 rings (SSSR count). The average molecular weight is 416 g/mol. The van der Waals surface area contributed by atoms with Gasteiger partial charge in [0.2, 0.25) is 0 Å². The number of aromatic nitrogens is 1. The Bertz CT molecular complexity index is 791. The lowest BCUT2D eigenvalue weighted by atomic mass is 10.0. The summed E-state index contributed by atoms with van der Waals surface area (Å²) < 4.78 is 16.4. The van der Waals surface area contributed by atoms with Crippen molar-refractivity contribution in [2.24, 2.45) is 5.92 Å². The second-order valence-electron chi connectivity index (χ2n) is 8.26. The first kappa shape index (κ1) is 22.3. The highest BCUT2D eigenvalue weighted by Crippen LogP contribution is 2.18. The molecule has 1 atom stereocenters. The van der Waals surface area contributed by atoms with Crippen LogP contribution in [-0.4, -0.2) is 54.9 Å². The lowest BCUT2D eigenvalue weighted by Crippen LogP contribution is -2.49. The maximum Gasteiger partial charge on any atom is 0.251 e. The van der Waals surface area contributed by atoms with Crippen LogP contribution in [0.2, 0.25) is 0 Å². The maximum atomic E-state index is 12.6. The highest BCUT2D eigenvalue weighted by molar-refractivity contribution is 5.94. The van der Waals surface area contributed by atoms with E-state index in [0.29, 0.717) is 36.4 Å². The van der Waals surface area contributed by atoms with Crippen LogP contribution in [0.5, 0.6) is 5.75 Å². The Morgan fingerprint density at radius 2 is 1.90 bits per heavy atom. The molecule has 1 aliphatic heterocycles. The number of ether oxygens (including phenoxy) is 2. The van der Waals surface area contributed by atoms with Crippen molar-refractivity contribution in [3.63, 3.8) is 0 Å². The van der Waals surface area contributed by atoms with Crippen LogP contribution in [0.4, 0.5) is 0 Å². The molecule has 1 fully saturated rings. The van der Waals surface area contributed by atoms with E-state index in [-0.39, 0.29) is 5.91 Å². The van der Waals surface area contributed by atoms with Crippen molar-refractivity contribution in [1.82, 2.24) is 15.4 Å². The minimum atomic E-state index is -0.0608. The van der Waals surface area contributed by atoms with Crippen LogP contribution < -0.4 is 10.1 Å². The third kappa shape index (κ3) is 6.06.